The molecular formula is C40H57FN6O5S. The number of carboxylic acid groups (broad SMARTS) is 1. The quantitative estimate of drug-likeness (QED) is 0.290. The zero-order valence-corrected chi connectivity index (χ0v) is 32.1. The Morgan fingerprint density at radius 3 is 2.28 bits per heavy atom. The number of hydrogen-bond donors (Lipinski definition) is 2. The van der Waals surface area contributed by atoms with Crippen molar-refractivity contribution in [3.05, 3.63) is 59.9 Å². The molecule has 4 aliphatic heterocycles. The van der Waals surface area contributed by atoms with Crippen LogP contribution in [-0.2, 0) is 14.6 Å². The number of likely N-dealkylation sites (tertiary alicyclic amines) is 3. The van der Waals surface area contributed by atoms with Crippen molar-refractivity contribution in [1.29, 1.82) is 0 Å². The highest BCUT2D eigenvalue weighted by atomic mass is 32.2. The molecular weight excluding hydrogens is 696 g/mol. The number of carbonyl (C=O) groups is 2. The maximum atomic E-state index is 14.6. The summed E-state index contributed by atoms with van der Waals surface area (Å²) in [7, 11) is 0.342. The summed E-state index contributed by atoms with van der Waals surface area (Å²) in [6.07, 6.45) is 5.55. The third-order valence-corrected chi connectivity index (χ3v) is 14.9. The van der Waals surface area contributed by atoms with E-state index in [9.17, 15) is 27.5 Å². The fourth-order valence-corrected chi connectivity index (χ4v) is 11.4. The van der Waals surface area contributed by atoms with Crippen molar-refractivity contribution in [2.24, 2.45) is 23.7 Å². The van der Waals surface area contributed by atoms with E-state index >= 15 is 0 Å². The van der Waals surface area contributed by atoms with Crippen LogP contribution in [0.3, 0.4) is 0 Å². The molecule has 1 saturated carbocycles. The van der Waals surface area contributed by atoms with Gasteiger partial charge in [-0.1, -0.05) is 18.6 Å². The molecule has 11 nitrogen and oxygen atoms in total. The minimum absolute atomic E-state index is 0.00538. The predicted molar refractivity (Wildman–Crippen MR) is 203 cm³/mol. The first-order chi connectivity index (χ1) is 25.5. The molecule has 1 aliphatic carbocycles. The number of halogens is 1. The highest BCUT2D eigenvalue weighted by Crippen LogP contribution is 2.49. The van der Waals surface area contributed by atoms with Crippen LogP contribution in [-0.4, -0.2) is 136 Å². The molecule has 0 aromatic heterocycles. The van der Waals surface area contributed by atoms with Crippen molar-refractivity contribution < 1.29 is 27.5 Å². The van der Waals surface area contributed by atoms with Gasteiger partial charge < -0.3 is 30.0 Å². The molecule has 0 radical (unpaired) electrons. The standard InChI is InChI=1S/C40H57FN6O5S/c1-43(2)19-16-37(48)47-26-34(27-47)53(51,52)33-12-10-32(11-13-33)46-24-28(25-46)23-44-20-14-29(15-21-44)38(35-8-4-9-36(35)42-40(49)50)39(45-17-5-18-45)30-6-3-7-31(41)22-30/h3,6-7,10-13,22,28-29,34-36,38-39,42H,4-5,8-9,14-21,23-27H2,1-2H3,(H,49,50)/t35-,36-,38-,39+/m0/s1. The fraction of sp³-hybridized carbons (Fsp3) is 0.650. The Labute approximate surface area is 314 Å². The highest BCUT2D eigenvalue weighted by Gasteiger charge is 2.47. The molecule has 0 bridgehead atoms. The Morgan fingerprint density at radius 2 is 1.66 bits per heavy atom. The number of anilines is 1. The van der Waals surface area contributed by atoms with Crippen molar-refractivity contribution in [3.63, 3.8) is 0 Å². The molecule has 13 heteroatoms. The van der Waals surface area contributed by atoms with E-state index in [1.54, 1.807) is 23.1 Å². The normalized spacial score (nSPS) is 24.8. The highest BCUT2D eigenvalue weighted by molar-refractivity contribution is 7.92. The smallest absolute Gasteiger partial charge is 0.404 e. The van der Waals surface area contributed by atoms with Crippen LogP contribution < -0.4 is 10.2 Å². The molecule has 4 heterocycles. The number of piperidine rings is 1. The first kappa shape index (κ1) is 38.0. The van der Waals surface area contributed by atoms with Gasteiger partial charge in [0.05, 0.1) is 4.90 Å². The number of rotatable bonds is 14. The molecule has 53 heavy (non-hydrogen) atoms. The molecule has 0 unspecified atom stereocenters. The molecule has 2 aromatic rings. The Balaban J connectivity index is 0.926. The van der Waals surface area contributed by atoms with Gasteiger partial charge in [0.1, 0.15) is 11.1 Å². The Hall–Kier alpha value is -3.26. The lowest BCUT2D eigenvalue weighted by Crippen LogP contribution is -2.57. The lowest BCUT2D eigenvalue weighted by atomic mass is 9.68. The molecule has 0 spiro atoms. The number of carbonyl (C=O) groups excluding carboxylic acids is 1. The molecule has 4 saturated heterocycles. The Morgan fingerprint density at radius 1 is 0.943 bits per heavy atom. The molecule has 5 aliphatic rings. The van der Waals surface area contributed by atoms with Crippen molar-refractivity contribution in [1.82, 2.24) is 24.9 Å². The fourth-order valence-electron chi connectivity index (χ4n) is 9.75. The van der Waals surface area contributed by atoms with Gasteiger partial charge in [0.15, 0.2) is 9.84 Å². The maximum Gasteiger partial charge on any atom is 0.404 e. The summed E-state index contributed by atoms with van der Waals surface area (Å²) in [5, 5.41) is 12.0. The monoisotopic (exact) mass is 752 g/mol. The largest absolute Gasteiger partial charge is 0.465 e. The average Bonchev–Trinajstić information content (AvgIpc) is 3.50. The van der Waals surface area contributed by atoms with Gasteiger partial charge in [0.2, 0.25) is 5.91 Å². The van der Waals surface area contributed by atoms with Crippen molar-refractivity contribution in [2.45, 2.75) is 67.2 Å². The Bertz CT molecular complexity index is 1690. The number of nitrogens with one attached hydrogen (secondary N) is 1. The van der Waals surface area contributed by atoms with Gasteiger partial charge >= 0.3 is 6.09 Å². The molecule has 5 fully saturated rings. The van der Waals surface area contributed by atoms with E-state index in [2.05, 4.69) is 26.1 Å². The van der Waals surface area contributed by atoms with E-state index in [-0.39, 0.29) is 48.7 Å². The molecule has 2 amide bonds. The lowest BCUT2D eigenvalue weighted by molar-refractivity contribution is -0.134. The van der Waals surface area contributed by atoms with E-state index in [0.29, 0.717) is 29.7 Å². The zero-order chi connectivity index (χ0) is 37.3. The molecule has 2 aromatic carbocycles. The van der Waals surface area contributed by atoms with Gasteiger partial charge in [-0.15, -0.1) is 0 Å². The van der Waals surface area contributed by atoms with E-state index in [1.165, 1.54) is 6.07 Å². The summed E-state index contributed by atoms with van der Waals surface area (Å²) in [6, 6.07) is 14.4. The summed E-state index contributed by atoms with van der Waals surface area (Å²) < 4.78 is 41.1. The number of hydrogen-bond acceptors (Lipinski definition) is 8. The molecule has 290 valence electrons. The van der Waals surface area contributed by atoms with Crippen LogP contribution >= 0.6 is 0 Å². The van der Waals surface area contributed by atoms with Crippen LogP contribution in [0.2, 0.25) is 0 Å². The van der Waals surface area contributed by atoms with Gasteiger partial charge in [0, 0.05) is 69.4 Å². The second-order valence-electron chi connectivity index (χ2n) is 16.5. The summed E-state index contributed by atoms with van der Waals surface area (Å²) in [5.74, 6) is 1.24. The first-order valence-corrected chi connectivity index (χ1v) is 21.2. The summed E-state index contributed by atoms with van der Waals surface area (Å²) >= 11 is 0. The summed E-state index contributed by atoms with van der Waals surface area (Å²) in [6.45, 7) is 8.07. The average molecular weight is 753 g/mol. The van der Waals surface area contributed by atoms with E-state index in [4.69, 9.17) is 0 Å². The molecule has 4 atom stereocenters. The number of benzene rings is 2. The van der Waals surface area contributed by atoms with Crippen LogP contribution in [0.25, 0.3) is 0 Å². The van der Waals surface area contributed by atoms with Crippen LogP contribution in [0.4, 0.5) is 14.9 Å². The van der Waals surface area contributed by atoms with E-state index in [0.717, 1.165) is 95.6 Å². The van der Waals surface area contributed by atoms with Crippen LogP contribution in [0, 0.1) is 29.5 Å². The number of sulfone groups is 1. The third-order valence-electron chi connectivity index (χ3n) is 12.8. The van der Waals surface area contributed by atoms with Gasteiger partial charge in [-0.3, -0.25) is 9.69 Å². The van der Waals surface area contributed by atoms with Crippen LogP contribution in [0.1, 0.15) is 56.6 Å². The molecule has 2 N–H and O–H groups in total. The topological polar surface area (TPSA) is 117 Å². The van der Waals surface area contributed by atoms with Crippen LogP contribution in [0.5, 0.6) is 0 Å². The first-order valence-electron chi connectivity index (χ1n) is 19.7. The van der Waals surface area contributed by atoms with Gasteiger partial charge in [-0.2, -0.15) is 0 Å². The lowest BCUT2D eigenvalue weighted by Gasteiger charge is -2.50. The van der Waals surface area contributed by atoms with Gasteiger partial charge in [-0.05, 0) is 132 Å². The predicted octanol–water partition coefficient (Wildman–Crippen LogP) is 4.41. The molecule has 7 rings (SSSR count). The van der Waals surface area contributed by atoms with Crippen molar-refractivity contribution >= 4 is 27.5 Å². The maximum absolute atomic E-state index is 14.6. The third kappa shape index (κ3) is 8.53. The van der Waals surface area contributed by atoms with Gasteiger partial charge in [0.25, 0.3) is 0 Å². The second-order valence-corrected chi connectivity index (χ2v) is 18.8. The van der Waals surface area contributed by atoms with E-state index in [1.807, 2.05) is 37.2 Å². The minimum atomic E-state index is -3.49. The number of amides is 2. The van der Waals surface area contributed by atoms with Crippen LogP contribution in [0.15, 0.2) is 53.4 Å². The van der Waals surface area contributed by atoms with Gasteiger partial charge in [-0.25, -0.2) is 17.6 Å². The number of nitrogens with zero attached hydrogens (tertiary/aromatic N) is 5. The zero-order valence-electron chi connectivity index (χ0n) is 31.3. The summed E-state index contributed by atoms with van der Waals surface area (Å²) in [4.78, 5) is 35.5. The van der Waals surface area contributed by atoms with Crippen molar-refractivity contribution in [2.75, 3.05) is 84.4 Å². The van der Waals surface area contributed by atoms with E-state index < -0.39 is 21.2 Å². The minimum Gasteiger partial charge on any atom is -0.465 e. The Kier molecular flexibility index (Phi) is 11.6. The summed E-state index contributed by atoms with van der Waals surface area (Å²) in [5.41, 5.74) is 2.06. The SMILES string of the molecule is CN(C)CCC(=O)N1CC(S(=O)(=O)c2ccc(N3CC(CN4CCC([C@@H]([C@H]5CCC[C@@H]5NC(=O)O)[C@@H](c5cccc(F)c5)N5CCC5)CC4)C3)cc2)C1. The second kappa shape index (κ2) is 16.2. The van der Waals surface area contributed by atoms with Crippen molar-refractivity contribution in [3.8, 4) is 0 Å².